The molecule has 2 atom stereocenters. The lowest BCUT2D eigenvalue weighted by Gasteiger charge is -2.42. The van der Waals surface area contributed by atoms with Crippen LogP contribution in [0.1, 0.15) is 49.9 Å². The van der Waals surface area contributed by atoms with Crippen LogP contribution in [-0.2, 0) is 6.42 Å². The van der Waals surface area contributed by atoms with Crippen LogP contribution in [0.2, 0.25) is 0 Å². The number of hydrogen-bond donors (Lipinski definition) is 0. The van der Waals surface area contributed by atoms with E-state index in [0.29, 0.717) is 5.92 Å². The van der Waals surface area contributed by atoms with Gasteiger partial charge in [0, 0.05) is 45.2 Å². The maximum Gasteiger partial charge on any atom is 0.0643 e. The zero-order valence-electron chi connectivity index (χ0n) is 40.5. The van der Waals surface area contributed by atoms with Gasteiger partial charge in [0.2, 0.25) is 0 Å². The van der Waals surface area contributed by atoms with Crippen LogP contribution in [0, 0.1) is 5.92 Å². The van der Waals surface area contributed by atoms with Crippen LogP contribution in [0.25, 0.3) is 61.6 Å². The van der Waals surface area contributed by atoms with E-state index >= 15 is 0 Å². The van der Waals surface area contributed by atoms with Crippen molar-refractivity contribution in [1.82, 2.24) is 4.57 Å². The topological polar surface area (TPSA) is 11.4 Å². The Morgan fingerprint density at radius 1 is 0.493 bits per heavy atom. The van der Waals surface area contributed by atoms with Crippen LogP contribution in [-0.4, -0.2) is 10.1 Å². The predicted molar refractivity (Wildman–Crippen MR) is 303 cm³/mol. The van der Waals surface area contributed by atoms with Crippen molar-refractivity contribution in [3.63, 3.8) is 0 Å². The van der Waals surface area contributed by atoms with Crippen LogP contribution in [0.4, 0.5) is 28.4 Å². The van der Waals surface area contributed by atoms with Crippen molar-refractivity contribution in [1.29, 1.82) is 0 Å². The van der Waals surface area contributed by atoms with Crippen molar-refractivity contribution >= 4 is 56.7 Å². The van der Waals surface area contributed by atoms with Crippen LogP contribution in [0.15, 0.2) is 249 Å². The molecule has 1 heterocycles. The Hall–Kier alpha value is -8.40. The van der Waals surface area contributed by atoms with E-state index in [1.165, 1.54) is 72.4 Å². The lowest BCUT2D eigenvalue weighted by atomic mass is 9.85. The molecule has 0 saturated heterocycles. The summed E-state index contributed by atoms with van der Waals surface area (Å²) < 4.78 is 2.50. The van der Waals surface area contributed by atoms with Gasteiger partial charge in [0.25, 0.3) is 0 Å². The Bertz CT molecular complexity index is 3500. The summed E-state index contributed by atoms with van der Waals surface area (Å²) in [6, 6.07) is 75.4. The molecular weight excluding hydrogens is 859 g/mol. The Morgan fingerprint density at radius 2 is 0.986 bits per heavy atom. The van der Waals surface area contributed by atoms with E-state index in [-0.39, 0.29) is 5.54 Å². The number of anilines is 5. The van der Waals surface area contributed by atoms with Gasteiger partial charge in [-0.2, -0.15) is 0 Å². The molecule has 0 spiro atoms. The summed E-state index contributed by atoms with van der Waals surface area (Å²) in [7, 11) is 0. The number of benzene rings is 8. The molecule has 71 heavy (non-hydrogen) atoms. The Balaban J connectivity index is 0.896. The molecule has 8 aromatic carbocycles. The molecule has 3 aliphatic carbocycles. The number of allylic oxidation sites excluding steroid dienone is 7. The second kappa shape index (κ2) is 18.8. The third kappa shape index (κ3) is 8.59. The highest BCUT2D eigenvalue weighted by Gasteiger charge is 2.32. The van der Waals surface area contributed by atoms with E-state index in [4.69, 9.17) is 0 Å². The molecule has 0 N–H and O–H groups in total. The third-order valence-corrected chi connectivity index (χ3v) is 14.8. The highest BCUT2D eigenvalue weighted by molar-refractivity contribution is 5.96. The number of hydrogen-bond acceptors (Lipinski definition) is 2. The van der Waals surface area contributed by atoms with Gasteiger partial charge in [0.1, 0.15) is 0 Å². The minimum Gasteiger partial charge on any atom is -0.332 e. The lowest BCUT2D eigenvalue weighted by molar-refractivity contribution is 0.571. The molecule has 1 aromatic heterocycles. The predicted octanol–water partition coefficient (Wildman–Crippen LogP) is 18.4. The van der Waals surface area contributed by atoms with Gasteiger partial charge in [-0.05, 0) is 161 Å². The second-order valence-corrected chi connectivity index (χ2v) is 19.6. The summed E-state index contributed by atoms with van der Waals surface area (Å²) in [5.41, 5.74) is 20.3. The highest BCUT2D eigenvalue weighted by atomic mass is 15.2. The summed E-state index contributed by atoms with van der Waals surface area (Å²) in [6.07, 6.45) is 22.9. The van der Waals surface area contributed by atoms with Gasteiger partial charge in [0.15, 0.2) is 0 Å². The fourth-order valence-corrected chi connectivity index (χ4v) is 10.9. The van der Waals surface area contributed by atoms with Crippen molar-refractivity contribution < 1.29 is 0 Å². The normalized spacial score (nSPS) is 17.1. The number of nitrogens with zero attached hydrogens (tertiary/aromatic N) is 3. The van der Waals surface area contributed by atoms with Gasteiger partial charge in [-0.25, -0.2) is 0 Å². The summed E-state index contributed by atoms with van der Waals surface area (Å²) >= 11 is 0. The minimum absolute atomic E-state index is 0.290. The fourth-order valence-electron chi connectivity index (χ4n) is 10.9. The average Bonchev–Trinajstić information content (AvgIpc) is 3.76. The molecule has 3 heteroatoms. The van der Waals surface area contributed by atoms with E-state index in [1.54, 1.807) is 0 Å². The smallest absolute Gasteiger partial charge is 0.0643 e. The fraction of sp³-hybridized carbons (Fsp3) is 0.118. The maximum absolute atomic E-state index is 2.51. The largest absolute Gasteiger partial charge is 0.332 e. The van der Waals surface area contributed by atoms with E-state index in [9.17, 15) is 0 Å². The van der Waals surface area contributed by atoms with E-state index in [1.807, 2.05) is 0 Å². The first-order valence-corrected chi connectivity index (χ1v) is 25.3. The molecule has 0 saturated carbocycles. The Labute approximate surface area is 419 Å². The first-order chi connectivity index (χ1) is 35.0. The Morgan fingerprint density at radius 3 is 1.48 bits per heavy atom. The van der Waals surface area contributed by atoms with Crippen molar-refractivity contribution in [2.75, 3.05) is 9.80 Å². The molecular formula is C68H57N3. The first kappa shape index (κ1) is 43.9. The summed E-state index contributed by atoms with van der Waals surface area (Å²) in [4.78, 5) is 4.92. The molecule has 3 nitrogen and oxygen atoms in total. The van der Waals surface area contributed by atoms with E-state index < -0.39 is 0 Å². The first-order valence-electron chi connectivity index (χ1n) is 25.3. The summed E-state index contributed by atoms with van der Waals surface area (Å²) in [5.74, 6) is 0.547. The molecule has 0 aliphatic heterocycles. The quantitative estimate of drug-likeness (QED) is 0.128. The zero-order valence-corrected chi connectivity index (χ0v) is 40.5. The molecule has 344 valence electrons. The van der Waals surface area contributed by atoms with Gasteiger partial charge in [-0.1, -0.05) is 189 Å². The lowest BCUT2D eigenvalue weighted by Crippen LogP contribution is -2.42. The van der Waals surface area contributed by atoms with Crippen molar-refractivity contribution in [3.05, 3.63) is 266 Å². The van der Waals surface area contributed by atoms with Crippen LogP contribution in [0.5, 0.6) is 0 Å². The Kier molecular flexibility index (Phi) is 11.6. The molecule has 0 bridgehead atoms. The van der Waals surface area contributed by atoms with Gasteiger partial charge in [-0.15, -0.1) is 0 Å². The van der Waals surface area contributed by atoms with Gasteiger partial charge < -0.3 is 14.4 Å². The average molecular weight is 916 g/mol. The van der Waals surface area contributed by atoms with Crippen molar-refractivity contribution in [2.24, 2.45) is 5.92 Å². The van der Waals surface area contributed by atoms with E-state index in [2.05, 4.69) is 283 Å². The van der Waals surface area contributed by atoms with E-state index in [0.717, 1.165) is 54.1 Å². The van der Waals surface area contributed by atoms with Crippen LogP contribution >= 0.6 is 0 Å². The summed E-state index contributed by atoms with van der Waals surface area (Å²) in [5, 5.41) is 1.34. The van der Waals surface area contributed by atoms with Gasteiger partial charge in [-0.3, -0.25) is 0 Å². The second-order valence-electron chi connectivity index (χ2n) is 19.6. The monoisotopic (exact) mass is 915 g/mol. The third-order valence-electron chi connectivity index (χ3n) is 14.8. The number of aryl methyl sites for hydroxylation is 1. The molecule has 0 fully saturated rings. The zero-order chi connectivity index (χ0) is 47.7. The van der Waals surface area contributed by atoms with Gasteiger partial charge >= 0.3 is 0 Å². The van der Waals surface area contributed by atoms with Crippen molar-refractivity contribution in [3.8, 4) is 33.4 Å². The van der Waals surface area contributed by atoms with Gasteiger partial charge in [0.05, 0.1) is 11.1 Å². The van der Waals surface area contributed by atoms with Crippen LogP contribution in [0.3, 0.4) is 0 Å². The number of aromatic nitrogens is 1. The van der Waals surface area contributed by atoms with Crippen LogP contribution < -0.4 is 9.80 Å². The molecule has 0 radical (unpaired) electrons. The molecule has 0 amide bonds. The molecule has 9 aromatic rings. The highest BCUT2D eigenvalue weighted by Crippen LogP contribution is 2.44. The molecule has 12 rings (SSSR count). The number of rotatable bonds is 11. The molecule has 2 unspecified atom stereocenters. The molecule has 3 aliphatic rings. The standard InChI is InChI=1S/C68H57N3/c1-49-22-32-60(33-23-49)70-66-21-13-12-20-64(66)65-43-42-63(48-67(65)70)69(58-34-24-53(25-35-58)50-14-6-3-7-15-50)59-36-26-55(27-37-59)56-30-40-62(41-31-56)71(61-38-28-54(29-39-61)51-16-8-4-9-17-51)68(2)46-44-57(45-47-68)52-18-10-5-11-19-52/h3-11,13-19,21-22,24-46,48-49H,12,20,23,47H2,1-2H3. The minimum atomic E-state index is -0.290. The maximum atomic E-state index is 2.51. The SMILES string of the molecule is CC1C=CC(n2c3c(c4ccc(N(c5ccc(-c6ccccc6)cc5)c5ccc(-c6ccc(N(c7ccc(-c8ccccc8)cc7)C7(C)C=CC(c8ccccc8)=CC7)cc6)cc5)cc42)CCC=C3)=CC1. The number of fused-ring (bicyclic) bond motifs is 3. The van der Waals surface area contributed by atoms with Crippen molar-refractivity contribution in [2.45, 2.75) is 45.1 Å². The summed E-state index contributed by atoms with van der Waals surface area (Å²) in [6.45, 7) is 4.65.